The lowest BCUT2D eigenvalue weighted by Gasteiger charge is -2.31. The van der Waals surface area contributed by atoms with Crippen molar-refractivity contribution in [2.75, 3.05) is 17.2 Å². The van der Waals surface area contributed by atoms with E-state index in [0.29, 0.717) is 50.9 Å². The SMILES string of the molecule is CC(=O)NC1CCC(Nc2nc(Nc3ccc4c(c3)CCN(C(=O)CC(C)(C)O)C4)ncc2C(F)(F)F)CC1. The number of alkyl halides is 3. The van der Waals surface area contributed by atoms with Crippen LogP contribution in [0.5, 0.6) is 0 Å². The molecule has 0 atom stereocenters. The van der Waals surface area contributed by atoms with E-state index in [0.717, 1.165) is 17.3 Å². The molecule has 212 valence electrons. The van der Waals surface area contributed by atoms with E-state index in [-0.39, 0.29) is 42.1 Å². The number of benzene rings is 1. The van der Waals surface area contributed by atoms with Crippen LogP contribution in [0.1, 0.15) is 69.6 Å². The second kappa shape index (κ2) is 11.4. The number of fused-ring (bicyclic) bond motifs is 1. The van der Waals surface area contributed by atoms with Gasteiger partial charge in [-0.15, -0.1) is 0 Å². The quantitative estimate of drug-likeness (QED) is 0.411. The average molecular weight is 549 g/mol. The molecule has 9 nitrogen and oxygen atoms in total. The Kier molecular flexibility index (Phi) is 8.34. The molecule has 1 aliphatic heterocycles. The van der Waals surface area contributed by atoms with Crippen molar-refractivity contribution in [2.45, 2.75) is 89.7 Å². The zero-order chi connectivity index (χ0) is 28.4. The zero-order valence-electron chi connectivity index (χ0n) is 22.4. The summed E-state index contributed by atoms with van der Waals surface area (Å²) in [5, 5.41) is 18.8. The van der Waals surface area contributed by atoms with Gasteiger partial charge in [-0.05, 0) is 69.2 Å². The van der Waals surface area contributed by atoms with E-state index in [1.165, 1.54) is 6.92 Å². The van der Waals surface area contributed by atoms with E-state index in [1.807, 2.05) is 12.1 Å². The molecule has 0 radical (unpaired) electrons. The van der Waals surface area contributed by atoms with Crippen molar-refractivity contribution in [3.63, 3.8) is 0 Å². The normalized spacial score (nSPS) is 19.7. The first-order valence-corrected chi connectivity index (χ1v) is 13.1. The van der Waals surface area contributed by atoms with Gasteiger partial charge in [-0.2, -0.15) is 18.2 Å². The summed E-state index contributed by atoms with van der Waals surface area (Å²) in [6.45, 7) is 5.60. The fourth-order valence-electron chi connectivity index (χ4n) is 5.08. The highest BCUT2D eigenvalue weighted by atomic mass is 19.4. The summed E-state index contributed by atoms with van der Waals surface area (Å²) in [5.74, 6) is -0.467. The summed E-state index contributed by atoms with van der Waals surface area (Å²) >= 11 is 0. The number of nitrogens with zero attached hydrogens (tertiary/aromatic N) is 3. The molecule has 1 saturated carbocycles. The van der Waals surface area contributed by atoms with Crippen molar-refractivity contribution >= 4 is 29.3 Å². The highest BCUT2D eigenvalue weighted by Gasteiger charge is 2.36. The number of carbonyl (C=O) groups is 2. The highest BCUT2D eigenvalue weighted by Crippen LogP contribution is 2.35. The number of aromatic nitrogens is 2. The Morgan fingerprint density at radius 1 is 1.10 bits per heavy atom. The molecular weight excluding hydrogens is 513 g/mol. The van der Waals surface area contributed by atoms with Crippen molar-refractivity contribution in [2.24, 2.45) is 0 Å². The maximum atomic E-state index is 13.7. The van der Waals surface area contributed by atoms with Crippen LogP contribution in [0, 0.1) is 0 Å². The van der Waals surface area contributed by atoms with Gasteiger partial charge in [-0.25, -0.2) is 4.98 Å². The second-order valence-electron chi connectivity index (χ2n) is 11.0. The lowest BCUT2D eigenvalue weighted by atomic mass is 9.91. The third-order valence-electron chi connectivity index (χ3n) is 6.98. The summed E-state index contributed by atoms with van der Waals surface area (Å²) in [5.41, 5.74) is 0.617. The summed E-state index contributed by atoms with van der Waals surface area (Å²) in [4.78, 5) is 33.6. The molecule has 1 fully saturated rings. The molecule has 4 rings (SSSR count). The third kappa shape index (κ3) is 7.81. The van der Waals surface area contributed by atoms with Crippen LogP contribution in [0.2, 0.25) is 0 Å². The molecule has 2 amide bonds. The van der Waals surface area contributed by atoms with Crippen LogP contribution in [0.15, 0.2) is 24.4 Å². The Balaban J connectivity index is 1.45. The van der Waals surface area contributed by atoms with Gasteiger partial charge in [-0.3, -0.25) is 9.59 Å². The first-order valence-electron chi connectivity index (χ1n) is 13.1. The van der Waals surface area contributed by atoms with Crippen molar-refractivity contribution in [3.05, 3.63) is 41.1 Å². The van der Waals surface area contributed by atoms with Crippen molar-refractivity contribution < 1.29 is 27.9 Å². The first kappa shape index (κ1) is 28.6. The molecule has 0 saturated heterocycles. The molecule has 39 heavy (non-hydrogen) atoms. The summed E-state index contributed by atoms with van der Waals surface area (Å²) in [7, 11) is 0. The van der Waals surface area contributed by atoms with Crippen molar-refractivity contribution in [3.8, 4) is 0 Å². The highest BCUT2D eigenvalue weighted by molar-refractivity contribution is 5.77. The molecule has 2 heterocycles. The number of carbonyl (C=O) groups excluding carboxylic acids is 2. The molecule has 1 aromatic heterocycles. The standard InChI is InChI=1S/C27H35F3N6O3/c1-16(37)32-19-6-8-20(9-7-19)33-24-22(27(28,29)30)14-31-25(35-24)34-21-5-4-18-15-36(11-10-17(18)12-21)23(38)13-26(2,3)39/h4-5,12,14,19-20,39H,6-11,13,15H2,1-3H3,(H,32,37)(H2,31,33,34,35). The minimum absolute atomic E-state index is 0.0287. The van der Waals surface area contributed by atoms with Gasteiger partial charge in [-0.1, -0.05) is 6.07 Å². The van der Waals surface area contributed by atoms with Gasteiger partial charge in [0.15, 0.2) is 0 Å². The maximum absolute atomic E-state index is 13.7. The topological polar surface area (TPSA) is 119 Å². The van der Waals surface area contributed by atoms with E-state index < -0.39 is 17.3 Å². The number of aliphatic hydroxyl groups is 1. The molecule has 0 unspecified atom stereocenters. The molecule has 4 N–H and O–H groups in total. The fourth-order valence-corrected chi connectivity index (χ4v) is 5.08. The number of halogens is 3. The second-order valence-corrected chi connectivity index (χ2v) is 11.0. The summed E-state index contributed by atoms with van der Waals surface area (Å²) < 4.78 is 41.1. The molecule has 0 bridgehead atoms. The Morgan fingerprint density at radius 2 is 1.79 bits per heavy atom. The van der Waals surface area contributed by atoms with Gasteiger partial charge in [0.25, 0.3) is 0 Å². The van der Waals surface area contributed by atoms with Gasteiger partial charge in [0.2, 0.25) is 17.8 Å². The van der Waals surface area contributed by atoms with Crippen LogP contribution < -0.4 is 16.0 Å². The number of amides is 2. The van der Waals surface area contributed by atoms with Crippen LogP contribution in [-0.4, -0.2) is 56.0 Å². The van der Waals surface area contributed by atoms with Crippen LogP contribution in [0.25, 0.3) is 0 Å². The summed E-state index contributed by atoms with van der Waals surface area (Å²) in [6, 6.07) is 5.37. The van der Waals surface area contributed by atoms with Crippen LogP contribution in [0.4, 0.5) is 30.6 Å². The predicted molar refractivity (Wildman–Crippen MR) is 140 cm³/mol. The van der Waals surface area contributed by atoms with E-state index >= 15 is 0 Å². The monoisotopic (exact) mass is 548 g/mol. The molecule has 0 spiro atoms. The van der Waals surface area contributed by atoms with E-state index in [1.54, 1.807) is 24.8 Å². The molecule has 2 aromatic rings. The molecule has 1 aliphatic carbocycles. The Morgan fingerprint density at radius 3 is 2.44 bits per heavy atom. The minimum Gasteiger partial charge on any atom is -0.390 e. The van der Waals surface area contributed by atoms with Crippen LogP contribution >= 0.6 is 0 Å². The largest absolute Gasteiger partial charge is 0.421 e. The molecule has 1 aromatic carbocycles. The number of rotatable bonds is 7. The Hall–Kier alpha value is -3.41. The smallest absolute Gasteiger partial charge is 0.390 e. The first-order chi connectivity index (χ1) is 18.3. The number of hydrogen-bond donors (Lipinski definition) is 4. The fraction of sp³-hybridized carbons (Fsp3) is 0.556. The van der Waals surface area contributed by atoms with Gasteiger partial charge in [0.1, 0.15) is 11.4 Å². The van der Waals surface area contributed by atoms with E-state index in [2.05, 4.69) is 25.9 Å². The molecular formula is C27H35F3N6O3. The number of nitrogens with one attached hydrogen (secondary N) is 3. The van der Waals surface area contributed by atoms with Crippen molar-refractivity contribution in [1.82, 2.24) is 20.2 Å². The van der Waals surface area contributed by atoms with E-state index in [4.69, 9.17) is 0 Å². The van der Waals surface area contributed by atoms with Gasteiger partial charge < -0.3 is 26.0 Å². The number of hydrogen-bond acceptors (Lipinski definition) is 7. The van der Waals surface area contributed by atoms with Gasteiger partial charge >= 0.3 is 6.18 Å². The molecule has 12 heteroatoms. The Bertz CT molecular complexity index is 1210. The average Bonchev–Trinajstić information content (AvgIpc) is 2.83. The van der Waals surface area contributed by atoms with E-state index in [9.17, 15) is 27.9 Å². The lowest BCUT2D eigenvalue weighted by molar-refractivity contribution is -0.137. The predicted octanol–water partition coefficient (Wildman–Crippen LogP) is 4.14. The Labute approximate surface area is 225 Å². The van der Waals surface area contributed by atoms with Crippen molar-refractivity contribution in [1.29, 1.82) is 0 Å². The third-order valence-corrected chi connectivity index (χ3v) is 6.98. The van der Waals surface area contributed by atoms with Crippen LogP contribution in [-0.2, 0) is 28.7 Å². The number of anilines is 3. The molecule has 2 aliphatic rings. The van der Waals surface area contributed by atoms with Gasteiger partial charge in [0.05, 0.1) is 12.0 Å². The maximum Gasteiger partial charge on any atom is 0.421 e. The van der Waals surface area contributed by atoms with Crippen LogP contribution in [0.3, 0.4) is 0 Å². The lowest BCUT2D eigenvalue weighted by Crippen LogP contribution is -2.39. The summed E-state index contributed by atoms with van der Waals surface area (Å²) in [6.07, 6.45) is -0.621. The minimum atomic E-state index is -4.62. The zero-order valence-corrected chi connectivity index (χ0v) is 22.4. The van der Waals surface area contributed by atoms with Gasteiger partial charge in [0, 0.05) is 44.0 Å².